The predicted octanol–water partition coefficient (Wildman–Crippen LogP) is 3.66. The first-order chi connectivity index (χ1) is 10.1. The standard InChI is InChI=1S/C14H14ClNO4S/c1-4-20-14(17)9-7-21-13(16-9)8-5-6-10(18-2)12(19-3)11(8)15/h5-7H,4H2,1-3H3. The maximum atomic E-state index is 11.6. The van der Waals surface area contributed by atoms with Crippen LogP contribution in [0.1, 0.15) is 17.4 Å². The Morgan fingerprint density at radius 3 is 2.71 bits per heavy atom. The van der Waals surface area contributed by atoms with Gasteiger partial charge in [-0.2, -0.15) is 0 Å². The van der Waals surface area contributed by atoms with E-state index in [1.807, 2.05) is 0 Å². The molecule has 1 aromatic carbocycles. The highest BCUT2D eigenvalue weighted by molar-refractivity contribution is 7.13. The minimum Gasteiger partial charge on any atom is -0.493 e. The fourth-order valence-electron chi connectivity index (χ4n) is 1.75. The van der Waals surface area contributed by atoms with Crippen molar-refractivity contribution in [2.24, 2.45) is 0 Å². The topological polar surface area (TPSA) is 57.7 Å². The van der Waals surface area contributed by atoms with E-state index >= 15 is 0 Å². The molecule has 5 nitrogen and oxygen atoms in total. The number of methoxy groups -OCH3 is 2. The van der Waals surface area contributed by atoms with Gasteiger partial charge in [-0.15, -0.1) is 11.3 Å². The Hall–Kier alpha value is -1.79. The molecule has 0 bridgehead atoms. The lowest BCUT2D eigenvalue weighted by molar-refractivity contribution is 0.0520. The molecule has 0 N–H and O–H groups in total. The van der Waals surface area contributed by atoms with E-state index in [-0.39, 0.29) is 5.69 Å². The van der Waals surface area contributed by atoms with E-state index in [2.05, 4.69) is 4.98 Å². The summed E-state index contributed by atoms with van der Waals surface area (Å²) in [6.07, 6.45) is 0. The quantitative estimate of drug-likeness (QED) is 0.784. The Labute approximate surface area is 131 Å². The van der Waals surface area contributed by atoms with Crippen molar-refractivity contribution >= 4 is 28.9 Å². The van der Waals surface area contributed by atoms with E-state index in [0.717, 1.165) is 0 Å². The van der Waals surface area contributed by atoms with Crippen LogP contribution >= 0.6 is 22.9 Å². The van der Waals surface area contributed by atoms with Crippen molar-refractivity contribution in [2.45, 2.75) is 6.92 Å². The van der Waals surface area contributed by atoms with E-state index in [4.69, 9.17) is 25.8 Å². The average Bonchev–Trinajstić information content (AvgIpc) is 2.96. The third-order valence-corrected chi connectivity index (χ3v) is 3.96. The van der Waals surface area contributed by atoms with Crippen LogP contribution in [0.4, 0.5) is 0 Å². The van der Waals surface area contributed by atoms with Crippen molar-refractivity contribution in [2.75, 3.05) is 20.8 Å². The molecule has 0 radical (unpaired) electrons. The second-order valence-corrected chi connectivity index (χ2v) is 5.16. The van der Waals surface area contributed by atoms with Crippen molar-refractivity contribution in [3.63, 3.8) is 0 Å². The molecule has 2 aromatic rings. The van der Waals surface area contributed by atoms with Crippen LogP contribution in [0.3, 0.4) is 0 Å². The van der Waals surface area contributed by atoms with Crippen LogP contribution < -0.4 is 9.47 Å². The molecule has 0 amide bonds. The van der Waals surface area contributed by atoms with E-state index in [0.29, 0.717) is 33.7 Å². The number of hydrogen-bond donors (Lipinski definition) is 0. The van der Waals surface area contributed by atoms with Crippen LogP contribution in [-0.4, -0.2) is 31.8 Å². The van der Waals surface area contributed by atoms with E-state index in [1.165, 1.54) is 25.6 Å². The van der Waals surface area contributed by atoms with E-state index in [9.17, 15) is 4.79 Å². The van der Waals surface area contributed by atoms with Gasteiger partial charge in [-0.1, -0.05) is 11.6 Å². The van der Waals surface area contributed by atoms with Gasteiger partial charge < -0.3 is 14.2 Å². The summed E-state index contributed by atoms with van der Waals surface area (Å²) >= 11 is 7.63. The highest BCUT2D eigenvalue weighted by Crippen LogP contribution is 2.42. The summed E-state index contributed by atoms with van der Waals surface area (Å²) in [6.45, 7) is 2.05. The summed E-state index contributed by atoms with van der Waals surface area (Å²) in [7, 11) is 3.05. The second-order valence-electron chi connectivity index (χ2n) is 3.92. The molecule has 7 heteroatoms. The zero-order valence-electron chi connectivity index (χ0n) is 11.8. The fraction of sp³-hybridized carbons (Fsp3) is 0.286. The third-order valence-electron chi connectivity index (χ3n) is 2.70. The molecule has 0 aliphatic rings. The molecule has 0 fully saturated rings. The Bertz CT molecular complexity index is 656. The van der Waals surface area contributed by atoms with Gasteiger partial charge in [0.1, 0.15) is 5.01 Å². The first-order valence-electron chi connectivity index (χ1n) is 6.15. The molecule has 0 aliphatic carbocycles. The monoisotopic (exact) mass is 327 g/mol. The molecule has 0 atom stereocenters. The highest BCUT2D eigenvalue weighted by Gasteiger charge is 2.18. The van der Waals surface area contributed by atoms with Gasteiger partial charge in [0.05, 0.1) is 25.8 Å². The van der Waals surface area contributed by atoms with Crippen LogP contribution in [-0.2, 0) is 4.74 Å². The first-order valence-corrected chi connectivity index (χ1v) is 7.41. The Balaban J connectivity index is 2.41. The molecule has 0 unspecified atom stereocenters. The molecule has 21 heavy (non-hydrogen) atoms. The van der Waals surface area contributed by atoms with Gasteiger partial charge in [-0.3, -0.25) is 0 Å². The summed E-state index contributed by atoms with van der Waals surface area (Å²) in [5.74, 6) is 0.523. The highest BCUT2D eigenvalue weighted by atomic mass is 35.5. The number of carbonyl (C=O) groups excluding carboxylic acids is 1. The minimum absolute atomic E-state index is 0.266. The number of thiazole rings is 1. The number of carbonyl (C=O) groups is 1. The summed E-state index contributed by atoms with van der Waals surface area (Å²) < 4.78 is 15.3. The van der Waals surface area contributed by atoms with Crippen LogP contribution in [0.15, 0.2) is 17.5 Å². The van der Waals surface area contributed by atoms with Gasteiger partial charge in [0.25, 0.3) is 0 Å². The zero-order chi connectivity index (χ0) is 15.4. The first kappa shape index (κ1) is 15.6. The second kappa shape index (κ2) is 6.78. The van der Waals surface area contributed by atoms with Gasteiger partial charge >= 0.3 is 5.97 Å². The van der Waals surface area contributed by atoms with Crippen molar-refractivity contribution in [1.82, 2.24) is 4.98 Å². The number of ether oxygens (including phenoxy) is 3. The molecule has 112 valence electrons. The predicted molar refractivity (Wildman–Crippen MR) is 81.6 cm³/mol. The van der Waals surface area contributed by atoms with Crippen molar-refractivity contribution < 1.29 is 19.0 Å². The Morgan fingerprint density at radius 1 is 1.33 bits per heavy atom. The minimum atomic E-state index is -0.448. The van der Waals surface area contributed by atoms with E-state index in [1.54, 1.807) is 24.4 Å². The Kier molecular flexibility index (Phi) is 5.03. The molecule has 0 saturated carbocycles. The molecule has 0 spiro atoms. The number of hydrogen-bond acceptors (Lipinski definition) is 6. The van der Waals surface area contributed by atoms with Gasteiger partial charge in [0, 0.05) is 10.9 Å². The van der Waals surface area contributed by atoms with Crippen LogP contribution in [0.25, 0.3) is 10.6 Å². The summed E-state index contributed by atoms with van der Waals surface area (Å²) in [5.41, 5.74) is 0.942. The number of aromatic nitrogens is 1. The lowest BCUT2D eigenvalue weighted by Crippen LogP contribution is -2.04. The van der Waals surface area contributed by atoms with Gasteiger partial charge in [-0.25, -0.2) is 9.78 Å². The summed E-state index contributed by atoms with van der Waals surface area (Å²) in [5, 5.41) is 2.64. The van der Waals surface area contributed by atoms with Crippen LogP contribution in [0, 0.1) is 0 Å². The molecule has 1 aromatic heterocycles. The fourth-order valence-corrected chi connectivity index (χ4v) is 2.95. The number of rotatable bonds is 5. The van der Waals surface area contributed by atoms with Crippen molar-refractivity contribution in [3.05, 3.63) is 28.2 Å². The molecule has 2 rings (SSSR count). The third kappa shape index (κ3) is 3.11. The van der Waals surface area contributed by atoms with Gasteiger partial charge in [-0.05, 0) is 19.1 Å². The molecular weight excluding hydrogens is 314 g/mol. The van der Waals surface area contributed by atoms with Crippen molar-refractivity contribution in [1.29, 1.82) is 0 Å². The number of esters is 1. The van der Waals surface area contributed by atoms with Gasteiger partial charge in [0.15, 0.2) is 17.2 Å². The number of nitrogens with zero attached hydrogens (tertiary/aromatic N) is 1. The summed E-state index contributed by atoms with van der Waals surface area (Å²) in [4.78, 5) is 15.9. The molecular formula is C14H14ClNO4S. The molecule has 0 saturated heterocycles. The number of halogens is 1. The largest absolute Gasteiger partial charge is 0.493 e. The van der Waals surface area contributed by atoms with E-state index < -0.39 is 5.97 Å². The lowest BCUT2D eigenvalue weighted by Gasteiger charge is -2.11. The lowest BCUT2D eigenvalue weighted by atomic mass is 10.2. The maximum absolute atomic E-state index is 11.6. The molecule has 0 aliphatic heterocycles. The molecule has 1 heterocycles. The van der Waals surface area contributed by atoms with Gasteiger partial charge in [0.2, 0.25) is 0 Å². The normalized spacial score (nSPS) is 10.3. The Morgan fingerprint density at radius 2 is 2.10 bits per heavy atom. The smallest absolute Gasteiger partial charge is 0.357 e. The summed E-state index contributed by atoms with van der Waals surface area (Å²) in [6, 6.07) is 3.52. The van der Waals surface area contributed by atoms with Crippen molar-refractivity contribution in [3.8, 4) is 22.1 Å². The van der Waals surface area contributed by atoms with Crippen LogP contribution in [0.2, 0.25) is 5.02 Å². The number of benzene rings is 1. The average molecular weight is 328 g/mol. The zero-order valence-corrected chi connectivity index (χ0v) is 13.4. The van der Waals surface area contributed by atoms with Crippen LogP contribution in [0.5, 0.6) is 11.5 Å². The SMILES string of the molecule is CCOC(=O)c1csc(-c2ccc(OC)c(OC)c2Cl)n1. The maximum Gasteiger partial charge on any atom is 0.357 e.